The van der Waals surface area contributed by atoms with E-state index >= 15 is 0 Å². The summed E-state index contributed by atoms with van der Waals surface area (Å²) in [6.45, 7) is 4.00. The van der Waals surface area contributed by atoms with E-state index in [0.717, 1.165) is 50.0 Å². The summed E-state index contributed by atoms with van der Waals surface area (Å²) < 4.78 is 28.8. The molecule has 1 fully saturated rings. The lowest BCUT2D eigenvalue weighted by molar-refractivity contribution is 0.0127. The number of hydrogen-bond donors (Lipinski definition) is 4. The van der Waals surface area contributed by atoms with E-state index in [1.54, 1.807) is 0 Å². The second-order valence-corrected chi connectivity index (χ2v) is 9.59. The maximum absolute atomic E-state index is 14.0. The van der Waals surface area contributed by atoms with E-state index in [4.69, 9.17) is 26.8 Å². The van der Waals surface area contributed by atoms with Crippen LogP contribution in [0.15, 0.2) is 18.2 Å². The van der Waals surface area contributed by atoms with Gasteiger partial charge >= 0.3 is 6.03 Å². The van der Waals surface area contributed by atoms with Gasteiger partial charge in [-0.1, -0.05) is 30.5 Å². The first-order valence-corrected chi connectivity index (χ1v) is 12.9. The third kappa shape index (κ3) is 8.86. The predicted molar refractivity (Wildman–Crippen MR) is 135 cm³/mol. The average molecular weight is 544 g/mol. The first-order valence-electron chi connectivity index (χ1n) is 11.7. The molecule has 2 aromatic rings. The first-order chi connectivity index (χ1) is 17.3. The van der Waals surface area contributed by atoms with E-state index in [2.05, 4.69) is 19.9 Å². The molecule has 3 rings (SSSR count). The minimum Gasteiger partial charge on any atom is -0.471 e. The fraction of sp³-hybridized carbons (Fsp3) is 0.522. The molecule has 1 aromatic heterocycles. The number of rotatable bonds is 13. The Hall–Kier alpha value is -2.51. The van der Waals surface area contributed by atoms with Gasteiger partial charge in [0.05, 0.1) is 19.3 Å². The van der Waals surface area contributed by atoms with Crippen LogP contribution in [-0.4, -0.2) is 71.8 Å². The van der Waals surface area contributed by atoms with Gasteiger partial charge in [0.2, 0.25) is 5.88 Å². The largest absolute Gasteiger partial charge is 0.471 e. The molecule has 1 aliphatic rings. The van der Waals surface area contributed by atoms with Crippen LogP contribution in [0.1, 0.15) is 41.6 Å². The van der Waals surface area contributed by atoms with Crippen LogP contribution in [0.2, 0.25) is 5.02 Å². The molecule has 0 saturated carbocycles. The highest BCUT2D eigenvalue weighted by atomic mass is 35.5. The molecule has 1 aliphatic heterocycles. The minimum absolute atomic E-state index is 0.0845. The second-order valence-electron chi connectivity index (χ2n) is 8.38. The first kappa shape index (κ1) is 28.1. The van der Waals surface area contributed by atoms with Crippen molar-refractivity contribution in [2.45, 2.75) is 38.4 Å². The predicted octanol–water partition coefficient (Wildman–Crippen LogP) is 2.99. The molecule has 198 valence electrons. The quantitative estimate of drug-likeness (QED) is 0.285. The summed E-state index contributed by atoms with van der Waals surface area (Å²) in [6.07, 6.45) is 2.78. The Kier molecular flexibility index (Phi) is 11.1. The number of benzene rings is 1. The van der Waals surface area contributed by atoms with Gasteiger partial charge in [0, 0.05) is 36.8 Å². The van der Waals surface area contributed by atoms with E-state index in [1.807, 2.05) is 0 Å². The van der Waals surface area contributed by atoms with Gasteiger partial charge in [-0.15, -0.1) is 0 Å². The maximum Gasteiger partial charge on any atom is 0.319 e. The number of aromatic nitrogens is 1. The number of nitrogens with zero attached hydrogens (tertiary/aromatic N) is 2. The number of ether oxygens (including phenoxy) is 2. The lowest BCUT2D eigenvalue weighted by Gasteiger charge is -2.28. The highest BCUT2D eigenvalue weighted by Crippen LogP contribution is 2.31. The van der Waals surface area contributed by atoms with Gasteiger partial charge in [-0.2, -0.15) is 4.37 Å². The summed E-state index contributed by atoms with van der Waals surface area (Å²) in [4.78, 5) is 26.4. The van der Waals surface area contributed by atoms with Crippen LogP contribution in [-0.2, 0) is 11.3 Å². The number of halogens is 2. The Bertz CT molecular complexity index is 1020. The summed E-state index contributed by atoms with van der Waals surface area (Å²) in [5, 5.41) is 15.8. The number of morpholine rings is 1. The highest BCUT2D eigenvalue weighted by molar-refractivity contribution is 7.11. The van der Waals surface area contributed by atoms with Crippen molar-refractivity contribution in [1.29, 1.82) is 0 Å². The molecule has 13 heteroatoms. The van der Waals surface area contributed by atoms with E-state index < -0.39 is 17.8 Å². The van der Waals surface area contributed by atoms with E-state index in [0.29, 0.717) is 32.7 Å². The number of hydrogen-bond acceptors (Lipinski definition) is 8. The molecule has 1 unspecified atom stereocenters. The molecule has 0 bridgehead atoms. The van der Waals surface area contributed by atoms with Gasteiger partial charge < -0.3 is 25.6 Å². The second kappa shape index (κ2) is 14.3. The van der Waals surface area contributed by atoms with Crippen LogP contribution in [0.4, 0.5) is 14.2 Å². The molecule has 1 saturated heterocycles. The number of nitrogens with one attached hydrogen (secondary N) is 2. The third-order valence-corrected chi connectivity index (χ3v) is 6.57. The normalized spacial score (nSPS) is 14.9. The number of nitrogens with two attached hydrogens (primary N) is 1. The summed E-state index contributed by atoms with van der Waals surface area (Å²) >= 11 is 6.58. The number of primary amides is 1. The number of urea groups is 1. The highest BCUT2D eigenvalue weighted by Gasteiger charge is 2.22. The van der Waals surface area contributed by atoms with E-state index in [-0.39, 0.29) is 39.7 Å². The molecule has 36 heavy (non-hydrogen) atoms. The molecular weight excluding hydrogens is 513 g/mol. The van der Waals surface area contributed by atoms with Crippen LogP contribution in [0, 0.1) is 5.82 Å². The average Bonchev–Trinajstić information content (AvgIpc) is 3.24. The van der Waals surface area contributed by atoms with Crippen LogP contribution in [0.3, 0.4) is 0 Å². The van der Waals surface area contributed by atoms with Gasteiger partial charge in [-0.05, 0) is 36.5 Å². The van der Waals surface area contributed by atoms with E-state index in [9.17, 15) is 19.1 Å². The molecule has 10 nitrogen and oxygen atoms in total. The Labute approximate surface area is 218 Å². The fourth-order valence-electron chi connectivity index (χ4n) is 3.67. The molecular formula is C23H31ClFN5O5S. The van der Waals surface area contributed by atoms with Gasteiger partial charge in [0.1, 0.15) is 23.0 Å². The van der Waals surface area contributed by atoms with Crippen molar-refractivity contribution in [1.82, 2.24) is 14.6 Å². The zero-order valence-corrected chi connectivity index (χ0v) is 21.4. The van der Waals surface area contributed by atoms with Crippen molar-refractivity contribution in [3.63, 3.8) is 0 Å². The summed E-state index contributed by atoms with van der Waals surface area (Å²) in [5.41, 5.74) is 5.59. The Balaban J connectivity index is 1.37. The smallest absolute Gasteiger partial charge is 0.319 e. The number of carbonyl (C=O) groups is 2. The molecule has 5 N–H and O–H groups in total. The summed E-state index contributed by atoms with van der Waals surface area (Å²) in [5.74, 6) is -1.48. The van der Waals surface area contributed by atoms with Crippen LogP contribution in [0.25, 0.3) is 0 Å². The van der Waals surface area contributed by atoms with Crippen LogP contribution in [0.5, 0.6) is 5.88 Å². The van der Waals surface area contributed by atoms with Crippen molar-refractivity contribution >= 4 is 40.1 Å². The summed E-state index contributed by atoms with van der Waals surface area (Å²) in [7, 11) is 0. The molecule has 0 radical (unpaired) electrons. The SMILES string of the molecule is NC(=O)c1c(OCc2ccc(Cl)cc2F)nsc1NC(=O)NCCCCCC(O)CN1CCOCC1. The Morgan fingerprint density at radius 2 is 2.08 bits per heavy atom. The zero-order valence-electron chi connectivity index (χ0n) is 19.8. The zero-order chi connectivity index (χ0) is 25.9. The fourth-order valence-corrected chi connectivity index (χ4v) is 4.56. The van der Waals surface area contributed by atoms with E-state index in [1.165, 1.54) is 12.1 Å². The van der Waals surface area contributed by atoms with Gasteiger partial charge in [0.25, 0.3) is 5.91 Å². The lowest BCUT2D eigenvalue weighted by atomic mass is 10.1. The molecule has 0 spiro atoms. The van der Waals surface area contributed by atoms with Crippen LogP contribution >= 0.6 is 23.1 Å². The number of anilines is 1. The lowest BCUT2D eigenvalue weighted by Crippen LogP contribution is -2.40. The Morgan fingerprint density at radius 1 is 1.31 bits per heavy atom. The van der Waals surface area contributed by atoms with Crippen LogP contribution < -0.4 is 21.1 Å². The number of aliphatic hydroxyl groups excluding tert-OH is 1. The number of amides is 3. The molecule has 3 amide bonds. The number of aliphatic hydroxyl groups is 1. The topological polar surface area (TPSA) is 139 Å². The standard InChI is InChI=1S/C23H31ClFN5O5S/c24-16-6-5-15(18(25)12-16)14-35-21-19(20(26)32)22(36-29-21)28-23(33)27-7-3-1-2-4-17(31)13-30-8-10-34-11-9-30/h5-6,12,17,31H,1-4,7-11,13-14H2,(H2,26,32)(H2,27,28,33). The van der Waals surface area contributed by atoms with Crippen molar-refractivity contribution in [2.75, 3.05) is 44.7 Å². The van der Waals surface area contributed by atoms with Crippen molar-refractivity contribution in [3.8, 4) is 5.88 Å². The Morgan fingerprint density at radius 3 is 2.81 bits per heavy atom. The third-order valence-electron chi connectivity index (χ3n) is 5.59. The van der Waals surface area contributed by atoms with Gasteiger partial charge in [-0.3, -0.25) is 15.0 Å². The minimum atomic E-state index is -0.832. The monoisotopic (exact) mass is 543 g/mol. The van der Waals surface area contributed by atoms with Crippen molar-refractivity contribution < 1.29 is 28.6 Å². The molecule has 1 aromatic carbocycles. The molecule has 0 aliphatic carbocycles. The molecule has 2 heterocycles. The number of unbranched alkanes of at least 4 members (excludes halogenated alkanes) is 2. The molecule has 1 atom stereocenters. The maximum atomic E-state index is 14.0. The number of β-amino-alcohol motifs (C(OH)–C–C–N with tert-alkyl or cyclic N) is 1. The van der Waals surface area contributed by atoms with Crippen molar-refractivity contribution in [3.05, 3.63) is 40.2 Å². The van der Waals surface area contributed by atoms with Gasteiger partial charge in [-0.25, -0.2) is 9.18 Å². The number of carbonyl (C=O) groups excluding carboxylic acids is 2. The van der Waals surface area contributed by atoms with Crippen molar-refractivity contribution in [2.24, 2.45) is 5.73 Å². The summed E-state index contributed by atoms with van der Waals surface area (Å²) in [6, 6.07) is 3.63. The van der Waals surface area contributed by atoms with Gasteiger partial charge in [0.15, 0.2) is 0 Å².